The average molecular weight is 352 g/mol. The van der Waals surface area contributed by atoms with Gasteiger partial charge in [-0.2, -0.15) is 13.7 Å². The zero-order valence-corrected chi connectivity index (χ0v) is 15.1. The first-order valence-electron chi connectivity index (χ1n) is 7.81. The van der Waals surface area contributed by atoms with E-state index in [0.717, 1.165) is 19.5 Å². The summed E-state index contributed by atoms with van der Waals surface area (Å²) in [7, 11) is -3.94. The van der Waals surface area contributed by atoms with Crippen LogP contribution in [0, 0.1) is 17.2 Å². The molecule has 0 aliphatic carbocycles. The molecule has 1 aromatic rings. The van der Waals surface area contributed by atoms with Gasteiger partial charge < -0.3 is 4.74 Å². The highest BCUT2D eigenvalue weighted by Gasteiger charge is 2.30. The van der Waals surface area contributed by atoms with E-state index in [-0.39, 0.29) is 16.8 Å². The predicted octanol–water partition coefficient (Wildman–Crippen LogP) is 1.67. The van der Waals surface area contributed by atoms with Gasteiger partial charge in [0.2, 0.25) is 0 Å². The van der Waals surface area contributed by atoms with Crippen molar-refractivity contribution in [3.8, 4) is 11.8 Å². The Balaban J connectivity index is 2.06. The van der Waals surface area contributed by atoms with E-state index >= 15 is 0 Å². The van der Waals surface area contributed by atoms with Crippen molar-refractivity contribution in [3.63, 3.8) is 0 Å². The molecule has 24 heavy (non-hydrogen) atoms. The normalized spacial score (nSPS) is 19.0. The molecule has 0 bridgehead atoms. The minimum atomic E-state index is -3.94. The number of nitrogens with two attached hydrogens (primary N) is 1. The standard InChI is InChI=1S/C16H24N4O3S/c1-16(2,3)20-8-7-12(10-20)11-23-15-6-4-5-14(13(15)9-17)19-24(18,21)22/h4-6,12,19H,7-8,10-11H2,1-3H3,(H2,18,21,22). The number of likely N-dealkylation sites (tertiary alicyclic amines) is 1. The summed E-state index contributed by atoms with van der Waals surface area (Å²) in [6.45, 7) is 9.02. The maximum atomic E-state index is 11.2. The molecule has 7 nitrogen and oxygen atoms in total. The van der Waals surface area contributed by atoms with Gasteiger partial charge in [0.25, 0.3) is 10.2 Å². The summed E-state index contributed by atoms with van der Waals surface area (Å²) >= 11 is 0. The molecule has 0 radical (unpaired) electrons. The van der Waals surface area contributed by atoms with Crippen molar-refractivity contribution >= 4 is 15.9 Å². The molecule has 1 aromatic carbocycles. The van der Waals surface area contributed by atoms with Gasteiger partial charge in [0, 0.05) is 18.0 Å². The highest BCUT2D eigenvalue weighted by atomic mass is 32.2. The van der Waals surface area contributed by atoms with Gasteiger partial charge >= 0.3 is 0 Å². The molecular weight excluding hydrogens is 328 g/mol. The van der Waals surface area contributed by atoms with Gasteiger partial charge in [0.15, 0.2) is 0 Å². The first kappa shape index (κ1) is 18.5. The Hall–Kier alpha value is -1.82. The number of hydrogen-bond acceptors (Lipinski definition) is 5. The average Bonchev–Trinajstić information content (AvgIpc) is 2.92. The van der Waals surface area contributed by atoms with Gasteiger partial charge in [-0.15, -0.1) is 0 Å². The third kappa shape index (κ3) is 4.84. The third-order valence-electron chi connectivity index (χ3n) is 4.10. The van der Waals surface area contributed by atoms with E-state index in [1.807, 2.05) is 6.07 Å². The Morgan fingerprint density at radius 3 is 2.71 bits per heavy atom. The molecule has 1 aliphatic rings. The van der Waals surface area contributed by atoms with Crippen molar-refractivity contribution in [1.29, 1.82) is 5.26 Å². The number of nitriles is 1. The first-order chi connectivity index (χ1) is 11.1. The molecule has 8 heteroatoms. The van der Waals surface area contributed by atoms with Crippen LogP contribution in [0.4, 0.5) is 5.69 Å². The van der Waals surface area contributed by atoms with Crippen LogP contribution in [0.5, 0.6) is 5.75 Å². The summed E-state index contributed by atoms with van der Waals surface area (Å²) in [4.78, 5) is 2.41. The van der Waals surface area contributed by atoms with Gasteiger partial charge in [0.1, 0.15) is 17.4 Å². The van der Waals surface area contributed by atoms with Gasteiger partial charge in [-0.3, -0.25) is 9.62 Å². The monoisotopic (exact) mass is 352 g/mol. The zero-order valence-electron chi connectivity index (χ0n) is 14.2. The Morgan fingerprint density at radius 1 is 1.46 bits per heavy atom. The number of rotatable bonds is 5. The van der Waals surface area contributed by atoms with Crippen LogP contribution in [0.3, 0.4) is 0 Å². The van der Waals surface area contributed by atoms with E-state index in [2.05, 4.69) is 30.4 Å². The van der Waals surface area contributed by atoms with Crippen LogP contribution in [0.15, 0.2) is 18.2 Å². The van der Waals surface area contributed by atoms with E-state index < -0.39 is 10.2 Å². The molecule has 0 aromatic heterocycles. The maximum Gasteiger partial charge on any atom is 0.296 e. The van der Waals surface area contributed by atoms with Crippen molar-refractivity contribution < 1.29 is 13.2 Å². The molecule has 1 saturated heterocycles. The van der Waals surface area contributed by atoms with E-state index in [9.17, 15) is 13.7 Å². The number of anilines is 1. The summed E-state index contributed by atoms with van der Waals surface area (Å²) in [5, 5.41) is 14.3. The van der Waals surface area contributed by atoms with Crippen molar-refractivity contribution in [2.45, 2.75) is 32.7 Å². The molecule has 1 fully saturated rings. The summed E-state index contributed by atoms with van der Waals surface area (Å²) in [5.41, 5.74) is 0.392. The highest BCUT2D eigenvalue weighted by Crippen LogP contribution is 2.29. The fourth-order valence-electron chi connectivity index (χ4n) is 2.79. The summed E-state index contributed by atoms with van der Waals surface area (Å²) in [6.07, 6.45) is 1.04. The maximum absolute atomic E-state index is 11.2. The third-order valence-corrected chi connectivity index (χ3v) is 4.60. The lowest BCUT2D eigenvalue weighted by molar-refractivity contribution is 0.158. The Labute approximate surface area is 143 Å². The first-order valence-corrected chi connectivity index (χ1v) is 9.36. The molecule has 0 amide bonds. The van der Waals surface area contributed by atoms with E-state index in [0.29, 0.717) is 18.3 Å². The largest absolute Gasteiger partial charge is 0.492 e. The summed E-state index contributed by atoms with van der Waals surface area (Å²) in [6, 6.07) is 6.74. The van der Waals surface area contributed by atoms with Gasteiger partial charge in [0.05, 0.1) is 12.3 Å². The molecule has 1 aliphatic heterocycles. The summed E-state index contributed by atoms with van der Waals surface area (Å²) in [5.74, 6) is 0.742. The van der Waals surface area contributed by atoms with Crippen molar-refractivity contribution in [2.75, 3.05) is 24.4 Å². The molecule has 3 N–H and O–H groups in total. The molecule has 1 heterocycles. The second-order valence-electron chi connectivity index (χ2n) is 7.02. The van der Waals surface area contributed by atoms with Crippen LogP contribution in [-0.4, -0.2) is 38.6 Å². The highest BCUT2D eigenvalue weighted by molar-refractivity contribution is 7.90. The molecule has 132 valence electrons. The van der Waals surface area contributed by atoms with E-state index in [4.69, 9.17) is 9.88 Å². The Morgan fingerprint density at radius 2 is 2.17 bits per heavy atom. The smallest absolute Gasteiger partial charge is 0.296 e. The zero-order chi connectivity index (χ0) is 18.0. The molecular formula is C16H24N4O3S. The minimum absolute atomic E-state index is 0.125. The molecule has 2 rings (SSSR count). The summed E-state index contributed by atoms with van der Waals surface area (Å²) < 4.78 is 30.3. The minimum Gasteiger partial charge on any atom is -0.492 e. The van der Waals surface area contributed by atoms with Crippen LogP contribution in [-0.2, 0) is 10.2 Å². The van der Waals surface area contributed by atoms with Gasteiger partial charge in [-0.25, -0.2) is 5.14 Å². The van der Waals surface area contributed by atoms with E-state index in [1.165, 1.54) is 6.07 Å². The Kier molecular flexibility index (Phi) is 5.38. The van der Waals surface area contributed by atoms with Crippen LogP contribution in [0.2, 0.25) is 0 Å². The fraction of sp³-hybridized carbons (Fsp3) is 0.562. The lowest BCUT2D eigenvalue weighted by Crippen LogP contribution is -2.39. The quantitative estimate of drug-likeness (QED) is 0.838. The number of benzene rings is 1. The lowest BCUT2D eigenvalue weighted by Gasteiger charge is -2.31. The topological polar surface area (TPSA) is 108 Å². The van der Waals surface area contributed by atoms with Crippen LogP contribution in [0.25, 0.3) is 0 Å². The second-order valence-corrected chi connectivity index (χ2v) is 8.31. The molecule has 0 saturated carbocycles. The molecule has 1 unspecified atom stereocenters. The van der Waals surface area contributed by atoms with Crippen LogP contribution >= 0.6 is 0 Å². The Bertz CT molecular complexity index is 735. The van der Waals surface area contributed by atoms with Crippen LogP contribution < -0.4 is 14.6 Å². The van der Waals surface area contributed by atoms with Crippen molar-refractivity contribution in [3.05, 3.63) is 23.8 Å². The SMILES string of the molecule is CC(C)(C)N1CCC(COc2cccc(NS(N)(=O)=O)c2C#N)C1. The van der Waals surface area contributed by atoms with Gasteiger partial charge in [-0.05, 0) is 45.9 Å². The van der Waals surface area contributed by atoms with Crippen molar-refractivity contribution in [2.24, 2.45) is 11.1 Å². The lowest BCUT2D eigenvalue weighted by atomic mass is 10.1. The number of hydrogen-bond donors (Lipinski definition) is 2. The molecule has 0 spiro atoms. The number of nitrogens with one attached hydrogen (secondary N) is 1. The van der Waals surface area contributed by atoms with Gasteiger partial charge in [-0.1, -0.05) is 6.07 Å². The fourth-order valence-corrected chi connectivity index (χ4v) is 3.27. The predicted molar refractivity (Wildman–Crippen MR) is 92.8 cm³/mol. The van der Waals surface area contributed by atoms with Crippen LogP contribution in [0.1, 0.15) is 32.8 Å². The van der Waals surface area contributed by atoms with E-state index in [1.54, 1.807) is 12.1 Å². The number of nitrogens with zero attached hydrogens (tertiary/aromatic N) is 2. The second kappa shape index (κ2) is 6.97. The molecule has 1 atom stereocenters. The van der Waals surface area contributed by atoms with Crippen molar-refractivity contribution in [1.82, 2.24) is 4.90 Å². The number of ether oxygens (including phenoxy) is 1.